The van der Waals surface area contributed by atoms with E-state index in [9.17, 15) is 18.0 Å². The Morgan fingerprint density at radius 2 is 1.95 bits per heavy atom. The number of carbonyl (C=O) groups is 1. The molecule has 1 aliphatic rings. The van der Waals surface area contributed by atoms with Crippen molar-refractivity contribution in [1.29, 1.82) is 0 Å². The standard InChI is InChI=1S/C13H16F3N3O2/c1-9-6-10(12(20)21)7-17-11(9)19-4-2-18(3-5-19)8-13(14,15)16/h6-7H,2-5,8H2,1H3,(H,20,21). The second-order valence-corrected chi connectivity index (χ2v) is 5.05. The third kappa shape index (κ3) is 4.07. The van der Waals surface area contributed by atoms with Gasteiger partial charge in [0.05, 0.1) is 12.1 Å². The van der Waals surface area contributed by atoms with Gasteiger partial charge in [-0.25, -0.2) is 9.78 Å². The summed E-state index contributed by atoms with van der Waals surface area (Å²) < 4.78 is 37.0. The predicted molar refractivity (Wildman–Crippen MR) is 70.6 cm³/mol. The lowest BCUT2D eigenvalue weighted by molar-refractivity contribution is -0.146. The van der Waals surface area contributed by atoms with Gasteiger partial charge in [-0.1, -0.05) is 0 Å². The molecule has 0 atom stereocenters. The number of piperazine rings is 1. The number of alkyl halides is 3. The van der Waals surface area contributed by atoms with E-state index in [-0.39, 0.29) is 5.56 Å². The molecule has 1 aromatic heterocycles. The molecule has 1 fully saturated rings. The highest BCUT2D eigenvalue weighted by Crippen LogP contribution is 2.22. The molecular weight excluding hydrogens is 287 g/mol. The maximum absolute atomic E-state index is 12.3. The van der Waals surface area contributed by atoms with E-state index >= 15 is 0 Å². The van der Waals surface area contributed by atoms with Crippen molar-refractivity contribution in [2.24, 2.45) is 0 Å². The number of pyridine rings is 1. The van der Waals surface area contributed by atoms with E-state index in [4.69, 9.17) is 5.11 Å². The van der Waals surface area contributed by atoms with E-state index in [1.54, 1.807) is 6.92 Å². The van der Waals surface area contributed by atoms with Crippen LogP contribution in [0, 0.1) is 6.92 Å². The average Bonchev–Trinajstić information content (AvgIpc) is 2.38. The Bertz CT molecular complexity index is 526. The number of rotatable bonds is 3. The van der Waals surface area contributed by atoms with Crippen LogP contribution in [0.1, 0.15) is 15.9 Å². The number of anilines is 1. The molecule has 8 heteroatoms. The first-order chi connectivity index (χ1) is 9.76. The Morgan fingerprint density at radius 3 is 2.43 bits per heavy atom. The molecule has 2 rings (SSSR count). The molecule has 21 heavy (non-hydrogen) atoms. The summed E-state index contributed by atoms with van der Waals surface area (Å²) in [4.78, 5) is 18.2. The van der Waals surface area contributed by atoms with Crippen LogP contribution in [0.25, 0.3) is 0 Å². The van der Waals surface area contributed by atoms with Crippen LogP contribution in [0.5, 0.6) is 0 Å². The fourth-order valence-corrected chi connectivity index (χ4v) is 2.39. The first-order valence-corrected chi connectivity index (χ1v) is 6.50. The molecule has 0 spiro atoms. The highest BCUT2D eigenvalue weighted by molar-refractivity contribution is 5.87. The third-order valence-electron chi connectivity index (χ3n) is 3.37. The predicted octanol–water partition coefficient (Wildman–Crippen LogP) is 1.77. The van der Waals surface area contributed by atoms with Crippen LogP contribution in [0.15, 0.2) is 12.3 Å². The van der Waals surface area contributed by atoms with E-state index in [1.165, 1.54) is 17.2 Å². The van der Waals surface area contributed by atoms with Crippen molar-refractivity contribution >= 4 is 11.8 Å². The third-order valence-corrected chi connectivity index (χ3v) is 3.37. The molecule has 1 N–H and O–H groups in total. The summed E-state index contributed by atoms with van der Waals surface area (Å²) in [5, 5.41) is 8.89. The second-order valence-electron chi connectivity index (χ2n) is 5.05. The van der Waals surface area contributed by atoms with Crippen molar-refractivity contribution in [3.63, 3.8) is 0 Å². The number of hydrogen-bond donors (Lipinski definition) is 1. The molecule has 0 amide bonds. The molecule has 0 aliphatic carbocycles. The quantitative estimate of drug-likeness (QED) is 0.922. The van der Waals surface area contributed by atoms with Crippen LogP contribution < -0.4 is 4.90 Å². The number of halogens is 3. The van der Waals surface area contributed by atoms with Gasteiger partial charge < -0.3 is 10.0 Å². The highest BCUT2D eigenvalue weighted by atomic mass is 19.4. The number of aromatic nitrogens is 1. The Hall–Kier alpha value is -1.83. The Balaban J connectivity index is 2.01. The molecule has 2 heterocycles. The normalized spacial score (nSPS) is 17.0. The lowest BCUT2D eigenvalue weighted by Gasteiger charge is -2.36. The van der Waals surface area contributed by atoms with Gasteiger partial charge in [-0.2, -0.15) is 13.2 Å². The van der Waals surface area contributed by atoms with Crippen LogP contribution in [-0.4, -0.2) is 59.9 Å². The number of carboxylic acids is 1. The summed E-state index contributed by atoms with van der Waals surface area (Å²) >= 11 is 0. The Labute approximate surface area is 120 Å². The van der Waals surface area contributed by atoms with Gasteiger partial charge >= 0.3 is 12.1 Å². The Morgan fingerprint density at radius 1 is 1.33 bits per heavy atom. The van der Waals surface area contributed by atoms with Gasteiger partial charge in [0.15, 0.2) is 0 Å². The van der Waals surface area contributed by atoms with E-state index in [2.05, 4.69) is 4.98 Å². The summed E-state index contributed by atoms with van der Waals surface area (Å²) in [6.07, 6.45) is -2.91. The van der Waals surface area contributed by atoms with Crippen molar-refractivity contribution in [3.8, 4) is 0 Å². The zero-order chi connectivity index (χ0) is 15.6. The minimum atomic E-state index is -4.18. The lowest BCUT2D eigenvalue weighted by Crippen LogP contribution is -2.49. The average molecular weight is 303 g/mol. The van der Waals surface area contributed by atoms with Gasteiger partial charge in [0.2, 0.25) is 0 Å². The first-order valence-electron chi connectivity index (χ1n) is 6.50. The molecule has 1 aliphatic heterocycles. The lowest BCUT2D eigenvalue weighted by atomic mass is 10.2. The minimum absolute atomic E-state index is 0.104. The first kappa shape index (κ1) is 15.6. The van der Waals surface area contributed by atoms with Crippen molar-refractivity contribution in [3.05, 3.63) is 23.4 Å². The summed E-state index contributed by atoms with van der Waals surface area (Å²) in [5.41, 5.74) is 0.811. The van der Waals surface area contributed by atoms with Crippen LogP contribution in [0.3, 0.4) is 0 Å². The molecular formula is C13H16F3N3O2. The van der Waals surface area contributed by atoms with Gasteiger partial charge in [0.25, 0.3) is 0 Å². The van der Waals surface area contributed by atoms with Crippen LogP contribution >= 0.6 is 0 Å². The number of nitrogens with zero attached hydrogens (tertiary/aromatic N) is 3. The van der Waals surface area contributed by atoms with E-state index in [0.29, 0.717) is 37.6 Å². The van der Waals surface area contributed by atoms with Gasteiger partial charge in [-0.3, -0.25) is 4.90 Å². The molecule has 0 bridgehead atoms. The maximum atomic E-state index is 12.3. The molecule has 1 saturated heterocycles. The molecule has 116 valence electrons. The molecule has 5 nitrogen and oxygen atoms in total. The largest absolute Gasteiger partial charge is 0.478 e. The fraction of sp³-hybridized carbons (Fsp3) is 0.538. The van der Waals surface area contributed by atoms with Gasteiger partial charge in [0, 0.05) is 32.4 Å². The van der Waals surface area contributed by atoms with Gasteiger partial charge in [-0.05, 0) is 18.6 Å². The van der Waals surface area contributed by atoms with Crippen molar-refractivity contribution < 1.29 is 23.1 Å². The Kier molecular flexibility index (Phi) is 4.36. The molecule has 1 aromatic rings. The van der Waals surface area contributed by atoms with Crippen LogP contribution in [0.2, 0.25) is 0 Å². The summed E-state index contributed by atoms with van der Waals surface area (Å²) in [6.45, 7) is 2.34. The monoisotopic (exact) mass is 303 g/mol. The van der Waals surface area contributed by atoms with Crippen LogP contribution in [0.4, 0.5) is 19.0 Å². The highest BCUT2D eigenvalue weighted by Gasteiger charge is 2.32. The SMILES string of the molecule is Cc1cc(C(=O)O)cnc1N1CCN(CC(F)(F)F)CC1. The smallest absolute Gasteiger partial charge is 0.401 e. The van der Waals surface area contributed by atoms with Crippen molar-refractivity contribution in [2.45, 2.75) is 13.1 Å². The summed E-state index contributed by atoms with van der Waals surface area (Å²) in [7, 11) is 0. The van der Waals surface area contributed by atoms with Gasteiger partial charge in [0.1, 0.15) is 5.82 Å². The number of aromatic carboxylic acids is 1. The van der Waals surface area contributed by atoms with Crippen molar-refractivity contribution in [1.82, 2.24) is 9.88 Å². The van der Waals surface area contributed by atoms with E-state index in [0.717, 1.165) is 0 Å². The summed E-state index contributed by atoms with van der Waals surface area (Å²) in [6, 6.07) is 1.52. The maximum Gasteiger partial charge on any atom is 0.401 e. The van der Waals surface area contributed by atoms with E-state index in [1.807, 2.05) is 4.90 Å². The zero-order valence-electron chi connectivity index (χ0n) is 11.5. The van der Waals surface area contributed by atoms with Crippen molar-refractivity contribution in [2.75, 3.05) is 37.6 Å². The fourth-order valence-electron chi connectivity index (χ4n) is 2.39. The summed E-state index contributed by atoms with van der Waals surface area (Å²) in [5.74, 6) is -0.418. The number of hydrogen-bond acceptors (Lipinski definition) is 4. The number of aryl methyl sites for hydroxylation is 1. The molecule has 0 saturated carbocycles. The van der Waals surface area contributed by atoms with Crippen LogP contribution in [-0.2, 0) is 0 Å². The molecule has 0 radical (unpaired) electrons. The topological polar surface area (TPSA) is 56.7 Å². The number of carboxylic acid groups (broad SMARTS) is 1. The molecule has 0 aromatic carbocycles. The molecule has 0 unspecified atom stereocenters. The zero-order valence-corrected chi connectivity index (χ0v) is 11.5. The van der Waals surface area contributed by atoms with Gasteiger partial charge in [-0.15, -0.1) is 0 Å². The van der Waals surface area contributed by atoms with E-state index < -0.39 is 18.7 Å². The minimum Gasteiger partial charge on any atom is -0.478 e. The second kappa shape index (κ2) is 5.88.